The van der Waals surface area contributed by atoms with Crippen molar-refractivity contribution in [2.45, 2.75) is 5.44 Å². The number of sulfonamides is 1. The summed E-state index contributed by atoms with van der Waals surface area (Å²) in [4.78, 5) is 0. The van der Waals surface area contributed by atoms with Gasteiger partial charge in [0.2, 0.25) is 10.0 Å². The van der Waals surface area contributed by atoms with Gasteiger partial charge >= 0.3 is 0 Å². The van der Waals surface area contributed by atoms with E-state index >= 15 is 0 Å². The van der Waals surface area contributed by atoms with Gasteiger partial charge in [0.25, 0.3) is 0 Å². The highest BCUT2D eigenvalue weighted by Gasteiger charge is 2.23. The topological polar surface area (TPSA) is 66.4 Å². The summed E-state index contributed by atoms with van der Waals surface area (Å²) in [6.07, 6.45) is 1.41. The number of aliphatic hydroxyl groups excluding tert-OH is 1. The first-order valence-corrected chi connectivity index (χ1v) is 5.95. The molecule has 0 aliphatic heterocycles. The molecule has 0 saturated heterocycles. The Balaban J connectivity index is 2.85. The first-order valence-electron chi connectivity index (χ1n) is 4.40. The minimum Gasteiger partial charge on any atom is -0.372 e. The molecule has 0 aliphatic carbocycles. The summed E-state index contributed by atoms with van der Waals surface area (Å²) in [5.41, 5.74) is -1.20. The van der Waals surface area contributed by atoms with Crippen molar-refractivity contribution in [1.82, 2.24) is 4.72 Å². The third-order valence-electron chi connectivity index (χ3n) is 1.81. The lowest BCUT2D eigenvalue weighted by atomic mass is 10.2. The van der Waals surface area contributed by atoms with E-state index in [1.807, 2.05) is 0 Å². The number of hydrogen-bond donors (Lipinski definition) is 2. The van der Waals surface area contributed by atoms with Crippen LogP contribution in [0.5, 0.6) is 0 Å². The molecule has 1 atom stereocenters. The van der Waals surface area contributed by atoms with Crippen molar-refractivity contribution in [3.8, 4) is 0 Å². The number of aliphatic hydroxyl groups is 1. The van der Waals surface area contributed by atoms with E-state index in [0.29, 0.717) is 5.56 Å². The molecule has 82 valence electrons. The van der Waals surface area contributed by atoms with Crippen LogP contribution in [0.1, 0.15) is 11.0 Å². The van der Waals surface area contributed by atoms with E-state index < -0.39 is 15.5 Å². The molecule has 15 heavy (non-hydrogen) atoms. The van der Waals surface area contributed by atoms with Gasteiger partial charge in [0.05, 0.1) is 0 Å². The van der Waals surface area contributed by atoms with Gasteiger partial charge in [-0.05, 0) is 5.56 Å². The summed E-state index contributed by atoms with van der Waals surface area (Å²) in [5.74, 6) is 0. The maximum Gasteiger partial charge on any atom is 0.243 e. The molecule has 1 rings (SSSR count). The van der Waals surface area contributed by atoms with Crippen molar-refractivity contribution in [1.29, 1.82) is 0 Å². The van der Waals surface area contributed by atoms with Crippen LogP contribution >= 0.6 is 0 Å². The van der Waals surface area contributed by atoms with Crippen LogP contribution in [0.2, 0.25) is 0 Å². The molecule has 0 fully saturated rings. The smallest absolute Gasteiger partial charge is 0.243 e. The molecule has 0 bridgehead atoms. The summed E-state index contributed by atoms with van der Waals surface area (Å²) < 4.78 is 25.2. The maximum atomic E-state index is 11.5. The molecule has 5 heteroatoms. The monoisotopic (exact) mass is 227 g/mol. The quantitative estimate of drug-likeness (QED) is 0.731. The largest absolute Gasteiger partial charge is 0.372 e. The second-order valence-corrected chi connectivity index (χ2v) is 4.77. The molecule has 0 spiro atoms. The average molecular weight is 227 g/mol. The molecule has 0 aromatic heterocycles. The van der Waals surface area contributed by atoms with Crippen LogP contribution in [0.3, 0.4) is 0 Å². The average Bonchev–Trinajstić information content (AvgIpc) is 2.26. The fourth-order valence-electron chi connectivity index (χ4n) is 1.05. The lowest BCUT2D eigenvalue weighted by Gasteiger charge is -2.11. The summed E-state index contributed by atoms with van der Waals surface area (Å²) >= 11 is 0. The minimum atomic E-state index is -3.74. The Hall–Kier alpha value is -1.17. The highest BCUT2D eigenvalue weighted by Crippen LogP contribution is 2.17. The number of nitrogens with one attached hydrogen (secondary N) is 1. The van der Waals surface area contributed by atoms with Gasteiger partial charge in [-0.1, -0.05) is 36.4 Å². The maximum absolute atomic E-state index is 11.5. The van der Waals surface area contributed by atoms with Gasteiger partial charge in [0.1, 0.15) is 0 Å². The van der Waals surface area contributed by atoms with E-state index in [9.17, 15) is 13.5 Å². The molecule has 0 amide bonds. The van der Waals surface area contributed by atoms with Gasteiger partial charge in [-0.3, -0.25) is 0 Å². The Bertz CT molecular complexity index is 414. The number of rotatable bonds is 5. The molecule has 0 radical (unpaired) electrons. The lowest BCUT2D eigenvalue weighted by Crippen LogP contribution is -2.29. The van der Waals surface area contributed by atoms with Crippen molar-refractivity contribution in [3.05, 3.63) is 48.6 Å². The Labute approximate surface area is 89.3 Å². The van der Waals surface area contributed by atoms with Crippen molar-refractivity contribution >= 4 is 10.0 Å². The van der Waals surface area contributed by atoms with Crippen LogP contribution in [0.25, 0.3) is 0 Å². The Morgan fingerprint density at radius 3 is 2.53 bits per heavy atom. The molecular weight excluding hydrogens is 214 g/mol. The highest BCUT2D eigenvalue weighted by atomic mass is 32.2. The molecule has 1 unspecified atom stereocenters. The van der Waals surface area contributed by atoms with Crippen LogP contribution in [0.4, 0.5) is 0 Å². The molecular formula is C10H13NO3S. The minimum absolute atomic E-state index is 0.103. The predicted octanol–water partition coefficient (Wildman–Crippen LogP) is 0.783. The second kappa shape index (κ2) is 5.06. The van der Waals surface area contributed by atoms with Gasteiger partial charge in [0, 0.05) is 6.54 Å². The standard InChI is InChI=1S/C10H13NO3S/c1-2-8-11-15(13,14)10(12)9-6-4-3-5-7-9/h2-7,10-12H,1,8H2. The van der Waals surface area contributed by atoms with Crippen molar-refractivity contribution < 1.29 is 13.5 Å². The predicted molar refractivity (Wildman–Crippen MR) is 58.5 cm³/mol. The summed E-state index contributed by atoms with van der Waals surface area (Å²) in [7, 11) is -3.74. The molecule has 0 saturated carbocycles. The zero-order chi connectivity index (χ0) is 11.3. The number of hydrogen-bond acceptors (Lipinski definition) is 3. The third-order valence-corrected chi connectivity index (χ3v) is 3.24. The molecule has 4 nitrogen and oxygen atoms in total. The van der Waals surface area contributed by atoms with Crippen molar-refractivity contribution in [2.75, 3.05) is 6.54 Å². The zero-order valence-electron chi connectivity index (χ0n) is 8.13. The van der Waals surface area contributed by atoms with Crippen LogP contribution in [-0.2, 0) is 10.0 Å². The highest BCUT2D eigenvalue weighted by molar-refractivity contribution is 7.89. The Morgan fingerprint density at radius 2 is 2.00 bits per heavy atom. The van der Waals surface area contributed by atoms with Gasteiger partial charge in [-0.15, -0.1) is 6.58 Å². The fraction of sp³-hybridized carbons (Fsp3) is 0.200. The van der Waals surface area contributed by atoms with Crippen molar-refractivity contribution in [3.63, 3.8) is 0 Å². The summed E-state index contributed by atoms with van der Waals surface area (Å²) in [6.45, 7) is 3.49. The van der Waals surface area contributed by atoms with E-state index in [2.05, 4.69) is 11.3 Å². The van der Waals surface area contributed by atoms with Crippen LogP contribution in [0.15, 0.2) is 43.0 Å². The molecule has 1 aromatic rings. The Kier molecular flexibility index (Phi) is 4.02. The molecule has 2 N–H and O–H groups in total. The zero-order valence-corrected chi connectivity index (χ0v) is 8.94. The molecule has 0 aliphatic rings. The number of benzene rings is 1. The van der Waals surface area contributed by atoms with Crippen LogP contribution < -0.4 is 4.72 Å². The van der Waals surface area contributed by atoms with E-state index in [-0.39, 0.29) is 6.54 Å². The van der Waals surface area contributed by atoms with Gasteiger partial charge < -0.3 is 5.11 Å². The van der Waals surface area contributed by atoms with Crippen LogP contribution in [-0.4, -0.2) is 20.1 Å². The third kappa shape index (κ3) is 3.16. The van der Waals surface area contributed by atoms with E-state index in [0.717, 1.165) is 0 Å². The second-order valence-electron chi connectivity index (χ2n) is 2.95. The van der Waals surface area contributed by atoms with E-state index in [4.69, 9.17) is 0 Å². The first kappa shape index (κ1) is 11.9. The van der Waals surface area contributed by atoms with Gasteiger partial charge in [0.15, 0.2) is 5.44 Å². The van der Waals surface area contributed by atoms with Crippen molar-refractivity contribution in [2.24, 2.45) is 0 Å². The summed E-state index contributed by atoms with van der Waals surface area (Å²) in [5, 5.41) is 9.59. The Morgan fingerprint density at radius 1 is 1.40 bits per heavy atom. The molecule has 0 heterocycles. The van der Waals surface area contributed by atoms with Crippen LogP contribution in [0, 0.1) is 0 Å². The fourth-order valence-corrected chi connectivity index (χ4v) is 2.07. The SMILES string of the molecule is C=CCNS(=O)(=O)C(O)c1ccccc1. The summed E-state index contributed by atoms with van der Waals surface area (Å²) in [6, 6.07) is 8.19. The van der Waals surface area contributed by atoms with E-state index in [1.165, 1.54) is 6.08 Å². The van der Waals surface area contributed by atoms with Gasteiger partial charge in [-0.25, -0.2) is 13.1 Å². The first-order chi connectivity index (χ1) is 7.08. The normalized spacial score (nSPS) is 13.4. The molecule has 1 aromatic carbocycles. The lowest BCUT2D eigenvalue weighted by molar-refractivity contribution is 0.253. The van der Waals surface area contributed by atoms with E-state index in [1.54, 1.807) is 30.3 Å². The van der Waals surface area contributed by atoms with Gasteiger partial charge in [-0.2, -0.15) is 0 Å².